The molecule has 1 heterocycles. The Bertz CT molecular complexity index is 1090. The number of hydrogen-bond acceptors (Lipinski definition) is 4. The first-order valence-electron chi connectivity index (χ1n) is 9.61. The van der Waals surface area contributed by atoms with E-state index in [-0.39, 0.29) is 9.09 Å². The van der Waals surface area contributed by atoms with Gasteiger partial charge in [-0.05, 0) is 80.7 Å². The SMILES string of the molecule is CC(C)(O)c1cc(F)c([S@@](N)(=O)=NC(=O)Nc2c3c(cc4c2CCC4)CCC3)s1. The van der Waals surface area contributed by atoms with Crippen LogP contribution in [0, 0.1) is 5.82 Å². The van der Waals surface area contributed by atoms with Crippen LogP contribution in [0.5, 0.6) is 0 Å². The Hall–Kier alpha value is -1.81. The zero-order valence-electron chi connectivity index (χ0n) is 16.4. The van der Waals surface area contributed by atoms with Crippen molar-refractivity contribution >= 4 is 33.0 Å². The van der Waals surface area contributed by atoms with E-state index in [1.165, 1.54) is 25.0 Å². The number of carbonyl (C=O) groups is 1. The number of aryl methyl sites for hydroxylation is 2. The minimum atomic E-state index is -3.78. The molecule has 9 heteroatoms. The quantitative estimate of drug-likeness (QED) is 0.675. The lowest BCUT2D eigenvalue weighted by atomic mass is 9.99. The molecule has 1 atom stereocenters. The van der Waals surface area contributed by atoms with E-state index in [0.717, 1.165) is 72.7 Å². The Labute approximate surface area is 173 Å². The van der Waals surface area contributed by atoms with Crippen LogP contribution in [-0.4, -0.2) is 15.3 Å². The van der Waals surface area contributed by atoms with Crippen LogP contribution in [0.25, 0.3) is 0 Å². The Morgan fingerprint density at radius 2 is 1.79 bits per heavy atom. The highest BCUT2D eigenvalue weighted by atomic mass is 32.2. The summed E-state index contributed by atoms with van der Waals surface area (Å²) in [6.45, 7) is 2.97. The van der Waals surface area contributed by atoms with Crippen LogP contribution in [0.15, 0.2) is 20.7 Å². The van der Waals surface area contributed by atoms with Gasteiger partial charge >= 0.3 is 6.03 Å². The Morgan fingerprint density at radius 3 is 2.31 bits per heavy atom. The molecule has 2 aliphatic rings. The van der Waals surface area contributed by atoms with Crippen molar-refractivity contribution in [3.63, 3.8) is 0 Å². The summed E-state index contributed by atoms with van der Waals surface area (Å²) in [6, 6.07) is 2.48. The van der Waals surface area contributed by atoms with E-state index in [2.05, 4.69) is 15.7 Å². The van der Waals surface area contributed by atoms with Gasteiger partial charge in [-0.2, -0.15) is 0 Å². The molecule has 0 bridgehead atoms. The van der Waals surface area contributed by atoms with Crippen molar-refractivity contribution in [2.75, 3.05) is 5.32 Å². The Morgan fingerprint density at radius 1 is 1.21 bits per heavy atom. The van der Waals surface area contributed by atoms with E-state index in [4.69, 9.17) is 5.14 Å². The Kier molecular flexibility index (Phi) is 5.05. The van der Waals surface area contributed by atoms with Crippen LogP contribution in [0.3, 0.4) is 0 Å². The van der Waals surface area contributed by atoms with Gasteiger partial charge in [-0.1, -0.05) is 6.07 Å². The molecule has 4 rings (SSSR count). The maximum Gasteiger partial charge on any atom is 0.354 e. The number of nitrogens with zero attached hydrogens (tertiary/aromatic N) is 1. The van der Waals surface area contributed by atoms with Crippen LogP contribution >= 0.6 is 11.3 Å². The van der Waals surface area contributed by atoms with Gasteiger partial charge in [0.25, 0.3) is 0 Å². The number of halogens is 1. The number of nitrogens with two attached hydrogens (primary N) is 1. The normalized spacial score (nSPS) is 17.6. The number of urea groups is 1. The van der Waals surface area contributed by atoms with Crippen molar-refractivity contribution in [3.8, 4) is 0 Å². The van der Waals surface area contributed by atoms with Crippen LogP contribution < -0.4 is 10.5 Å². The maximum atomic E-state index is 14.3. The predicted octanol–water partition coefficient (Wildman–Crippen LogP) is 4.02. The van der Waals surface area contributed by atoms with Crippen molar-refractivity contribution in [1.29, 1.82) is 0 Å². The van der Waals surface area contributed by atoms with E-state index in [9.17, 15) is 18.5 Å². The molecule has 0 spiro atoms. The summed E-state index contributed by atoms with van der Waals surface area (Å²) in [4.78, 5) is 12.9. The minimum absolute atomic E-state index is 0.262. The Balaban J connectivity index is 1.68. The molecule has 4 N–H and O–H groups in total. The summed E-state index contributed by atoms with van der Waals surface area (Å²) in [7, 11) is -3.78. The number of benzene rings is 1. The van der Waals surface area contributed by atoms with Crippen LogP contribution in [0.4, 0.5) is 14.9 Å². The highest BCUT2D eigenvalue weighted by Crippen LogP contribution is 2.39. The summed E-state index contributed by atoms with van der Waals surface area (Å²) < 4.78 is 30.5. The third-order valence-corrected chi connectivity index (χ3v) is 8.80. The molecule has 0 saturated carbocycles. The second-order valence-corrected chi connectivity index (χ2v) is 11.2. The molecule has 1 aromatic heterocycles. The van der Waals surface area contributed by atoms with Crippen LogP contribution in [-0.2, 0) is 41.2 Å². The van der Waals surface area contributed by atoms with Crippen molar-refractivity contribution in [1.82, 2.24) is 0 Å². The molecule has 1 aromatic carbocycles. The second kappa shape index (κ2) is 7.16. The highest BCUT2D eigenvalue weighted by Gasteiger charge is 2.28. The van der Waals surface area contributed by atoms with Gasteiger partial charge in [0, 0.05) is 10.6 Å². The average Bonchev–Trinajstić information content (AvgIpc) is 3.31. The maximum absolute atomic E-state index is 14.3. The van der Waals surface area contributed by atoms with Crippen LogP contribution in [0.1, 0.15) is 53.8 Å². The fourth-order valence-electron chi connectivity index (χ4n) is 4.11. The van der Waals surface area contributed by atoms with Gasteiger partial charge in [-0.25, -0.2) is 18.5 Å². The van der Waals surface area contributed by atoms with E-state index in [1.54, 1.807) is 0 Å². The highest BCUT2D eigenvalue weighted by molar-refractivity contribution is 7.93. The van der Waals surface area contributed by atoms with Crippen molar-refractivity contribution < 1.29 is 18.5 Å². The molecule has 0 fully saturated rings. The zero-order chi connectivity index (χ0) is 21.0. The molecular formula is C20H24FN3O3S2. The van der Waals surface area contributed by atoms with Crippen LogP contribution in [0.2, 0.25) is 0 Å². The lowest BCUT2D eigenvalue weighted by molar-refractivity contribution is 0.0823. The van der Waals surface area contributed by atoms with Gasteiger partial charge < -0.3 is 10.4 Å². The molecule has 0 radical (unpaired) electrons. The summed E-state index contributed by atoms with van der Waals surface area (Å²) in [5.74, 6) is -0.835. The minimum Gasteiger partial charge on any atom is -0.385 e. The first-order chi connectivity index (χ1) is 13.6. The van der Waals surface area contributed by atoms with Gasteiger partial charge in [0.05, 0.1) is 5.60 Å². The fourth-order valence-corrected chi connectivity index (χ4v) is 6.45. The number of carbonyl (C=O) groups excluding carboxylic acids is 1. The van der Waals surface area contributed by atoms with Crippen molar-refractivity contribution in [3.05, 3.63) is 45.1 Å². The first-order valence-corrected chi connectivity index (χ1v) is 12.0. The van der Waals surface area contributed by atoms with E-state index in [1.807, 2.05) is 0 Å². The third kappa shape index (κ3) is 3.84. The van der Waals surface area contributed by atoms with Crippen molar-refractivity contribution in [2.45, 2.75) is 62.2 Å². The lowest BCUT2D eigenvalue weighted by Gasteiger charge is -2.15. The largest absolute Gasteiger partial charge is 0.385 e. The number of anilines is 1. The van der Waals surface area contributed by atoms with E-state index in [0.29, 0.717) is 0 Å². The number of hydrogen-bond donors (Lipinski definition) is 3. The molecule has 2 aliphatic carbocycles. The molecule has 156 valence electrons. The van der Waals surface area contributed by atoms with Crippen molar-refractivity contribution in [2.24, 2.45) is 9.50 Å². The van der Waals surface area contributed by atoms with E-state index >= 15 is 0 Å². The van der Waals surface area contributed by atoms with E-state index < -0.39 is 27.4 Å². The standard InChI is InChI=1S/C20H24FN3O3S2/c1-20(2,26)16-10-15(21)18(28-16)29(22,27)24-19(25)23-17-13-7-3-5-11(13)9-12-6-4-8-14(12)17/h9-10,26H,3-8H2,1-2H3,(H3,22,23,24,25,27)/t29-/m0/s1. The topological polar surface area (TPSA) is 105 Å². The summed E-state index contributed by atoms with van der Waals surface area (Å²) in [6.07, 6.45) is 5.79. The van der Waals surface area contributed by atoms with Gasteiger partial charge in [0.2, 0.25) is 0 Å². The third-order valence-electron chi connectivity index (χ3n) is 5.45. The number of thiophene rings is 1. The summed E-state index contributed by atoms with van der Waals surface area (Å²) >= 11 is 0.763. The molecule has 0 saturated heterocycles. The number of rotatable bonds is 3. The smallest absolute Gasteiger partial charge is 0.354 e. The number of amides is 2. The first kappa shape index (κ1) is 20.5. The zero-order valence-corrected chi connectivity index (χ0v) is 18.0. The summed E-state index contributed by atoms with van der Waals surface area (Å²) in [5, 5.41) is 18.6. The molecular weight excluding hydrogens is 413 g/mol. The average molecular weight is 438 g/mol. The predicted molar refractivity (Wildman–Crippen MR) is 112 cm³/mol. The molecule has 2 aromatic rings. The number of aliphatic hydroxyl groups is 1. The van der Waals surface area contributed by atoms with Gasteiger partial charge in [0.15, 0.2) is 19.9 Å². The van der Waals surface area contributed by atoms with Gasteiger partial charge in [-0.15, -0.1) is 15.7 Å². The summed E-state index contributed by atoms with van der Waals surface area (Å²) in [5.41, 5.74) is 4.17. The monoisotopic (exact) mass is 437 g/mol. The lowest BCUT2D eigenvalue weighted by Crippen LogP contribution is -2.19. The number of fused-ring (bicyclic) bond motifs is 2. The molecule has 6 nitrogen and oxygen atoms in total. The molecule has 29 heavy (non-hydrogen) atoms. The van der Waals surface area contributed by atoms with Gasteiger partial charge in [0.1, 0.15) is 0 Å². The second-order valence-electron chi connectivity index (χ2n) is 8.13. The van der Waals surface area contributed by atoms with Gasteiger partial charge in [-0.3, -0.25) is 0 Å². The molecule has 0 aliphatic heterocycles. The number of nitrogens with one attached hydrogen (secondary N) is 1. The molecule has 0 unspecified atom stereocenters. The molecule has 2 amide bonds. The fraction of sp³-hybridized carbons (Fsp3) is 0.450.